The topological polar surface area (TPSA) is 17.1 Å². The molecule has 1 nitrogen and oxygen atoms in total. The summed E-state index contributed by atoms with van der Waals surface area (Å²) in [6.07, 6.45) is 2.40. The molecule has 0 heterocycles. The Hall–Kier alpha value is -1.81. The summed E-state index contributed by atoms with van der Waals surface area (Å²) < 4.78 is 0. The number of benzene rings is 1. The van der Waals surface area contributed by atoms with E-state index in [1.165, 1.54) is 0 Å². The number of carbonyl (C=O) groups is 1. The highest BCUT2D eigenvalue weighted by atomic mass is 16.1. The molecule has 0 bridgehead atoms. The molecule has 0 saturated carbocycles. The van der Waals surface area contributed by atoms with Gasteiger partial charge in [0.1, 0.15) is 0 Å². The Morgan fingerprint density at radius 1 is 1.38 bits per heavy atom. The number of Topliss-reactive ketones (excluding diaryl/α,β-unsaturated/α-hetero) is 1. The lowest BCUT2D eigenvalue weighted by molar-refractivity contribution is -0.121. The first-order chi connectivity index (χ1) is 7.56. The lowest BCUT2D eigenvalue weighted by Crippen LogP contribution is -2.21. The van der Waals surface area contributed by atoms with Crippen molar-refractivity contribution in [3.63, 3.8) is 0 Å². The van der Waals surface area contributed by atoms with E-state index in [4.69, 9.17) is 0 Å². The Morgan fingerprint density at radius 2 is 2.00 bits per heavy atom. The number of rotatable bonds is 3. The molecule has 1 rings (SSSR count). The van der Waals surface area contributed by atoms with Crippen LogP contribution in [-0.2, 0) is 4.79 Å². The molecule has 0 N–H and O–H groups in total. The summed E-state index contributed by atoms with van der Waals surface area (Å²) in [6.45, 7) is 7.42. The standard InChI is InChI=1S/C15H16O/c1-4-12-15(2,3)14(16)11-10-13-8-6-5-7-9-13/h4-9H,1,12H2,2-3H3. The van der Waals surface area contributed by atoms with Crippen LogP contribution in [0.2, 0.25) is 0 Å². The zero-order valence-corrected chi connectivity index (χ0v) is 9.79. The summed E-state index contributed by atoms with van der Waals surface area (Å²) in [4.78, 5) is 11.8. The molecule has 0 fully saturated rings. The van der Waals surface area contributed by atoms with E-state index >= 15 is 0 Å². The molecule has 0 aliphatic heterocycles. The number of allylic oxidation sites excluding steroid dienone is 1. The molecular formula is C15H16O. The summed E-state index contributed by atoms with van der Waals surface area (Å²) in [5.74, 6) is 5.52. The number of hydrogen-bond acceptors (Lipinski definition) is 1. The van der Waals surface area contributed by atoms with Crippen molar-refractivity contribution in [3.8, 4) is 11.8 Å². The van der Waals surface area contributed by atoms with Gasteiger partial charge in [0.25, 0.3) is 0 Å². The van der Waals surface area contributed by atoms with E-state index in [0.717, 1.165) is 5.56 Å². The molecule has 0 aromatic heterocycles. The molecule has 0 unspecified atom stereocenters. The van der Waals surface area contributed by atoms with Crippen LogP contribution in [0.3, 0.4) is 0 Å². The minimum Gasteiger partial charge on any atom is -0.284 e. The Balaban J connectivity index is 2.79. The summed E-state index contributed by atoms with van der Waals surface area (Å²) in [7, 11) is 0. The molecule has 0 radical (unpaired) electrons. The molecular weight excluding hydrogens is 196 g/mol. The maximum atomic E-state index is 11.8. The first kappa shape index (κ1) is 12.3. The molecule has 0 spiro atoms. The minimum atomic E-state index is -0.441. The van der Waals surface area contributed by atoms with Crippen LogP contribution in [0.1, 0.15) is 25.8 Å². The first-order valence-corrected chi connectivity index (χ1v) is 5.28. The third kappa shape index (κ3) is 3.40. The fourth-order valence-electron chi connectivity index (χ4n) is 1.27. The van der Waals surface area contributed by atoms with E-state index < -0.39 is 5.41 Å². The maximum Gasteiger partial charge on any atom is 0.211 e. The van der Waals surface area contributed by atoms with Gasteiger partial charge in [-0.15, -0.1) is 6.58 Å². The van der Waals surface area contributed by atoms with E-state index in [9.17, 15) is 4.79 Å². The van der Waals surface area contributed by atoms with Crippen LogP contribution in [0, 0.1) is 17.3 Å². The van der Waals surface area contributed by atoms with Gasteiger partial charge in [-0.05, 0) is 24.5 Å². The molecule has 0 aliphatic carbocycles. The lowest BCUT2D eigenvalue weighted by Gasteiger charge is -2.16. The Morgan fingerprint density at radius 3 is 2.56 bits per heavy atom. The van der Waals surface area contributed by atoms with Crippen LogP contribution in [-0.4, -0.2) is 5.78 Å². The number of carbonyl (C=O) groups excluding carboxylic acids is 1. The van der Waals surface area contributed by atoms with E-state index in [0.29, 0.717) is 6.42 Å². The van der Waals surface area contributed by atoms with Crippen LogP contribution in [0.15, 0.2) is 43.0 Å². The summed E-state index contributed by atoms with van der Waals surface area (Å²) in [5.41, 5.74) is 0.425. The van der Waals surface area contributed by atoms with E-state index in [-0.39, 0.29) is 5.78 Å². The van der Waals surface area contributed by atoms with Crippen LogP contribution in [0.5, 0.6) is 0 Å². The minimum absolute atomic E-state index is 0.0451. The van der Waals surface area contributed by atoms with Gasteiger partial charge in [-0.1, -0.05) is 44.0 Å². The molecule has 16 heavy (non-hydrogen) atoms. The highest BCUT2D eigenvalue weighted by Gasteiger charge is 2.23. The van der Waals surface area contributed by atoms with Crippen molar-refractivity contribution in [2.24, 2.45) is 5.41 Å². The van der Waals surface area contributed by atoms with Gasteiger partial charge >= 0.3 is 0 Å². The average molecular weight is 212 g/mol. The monoisotopic (exact) mass is 212 g/mol. The zero-order valence-electron chi connectivity index (χ0n) is 9.79. The summed E-state index contributed by atoms with van der Waals surface area (Å²) in [5, 5.41) is 0. The molecule has 0 aliphatic rings. The quantitative estimate of drug-likeness (QED) is 0.555. The second-order valence-corrected chi connectivity index (χ2v) is 4.32. The highest BCUT2D eigenvalue weighted by Crippen LogP contribution is 2.21. The van der Waals surface area contributed by atoms with E-state index in [1.54, 1.807) is 6.08 Å². The Kier molecular flexibility index (Phi) is 4.08. The zero-order chi connectivity index (χ0) is 12.0. The van der Waals surface area contributed by atoms with Crippen LogP contribution < -0.4 is 0 Å². The summed E-state index contributed by atoms with van der Waals surface area (Å²) in [6, 6.07) is 9.52. The Labute approximate surface area is 97.2 Å². The van der Waals surface area contributed by atoms with Crippen molar-refractivity contribution in [2.75, 3.05) is 0 Å². The van der Waals surface area contributed by atoms with Gasteiger partial charge in [-0.2, -0.15) is 0 Å². The smallest absolute Gasteiger partial charge is 0.211 e. The first-order valence-electron chi connectivity index (χ1n) is 5.28. The predicted molar refractivity (Wildman–Crippen MR) is 66.9 cm³/mol. The average Bonchev–Trinajstić information content (AvgIpc) is 2.27. The van der Waals surface area contributed by atoms with Gasteiger partial charge in [0.05, 0.1) is 0 Å². The normalized spacial score (nSPS) is 10.1. The van der Waals surface area contributed by atoms with Crippen molar-refractivity contribution in [3.05, 3.63) is 48.6 Å². The maximum absolute atomic E-state index is 11.8. The van der Waals surface area contributed by atoms with Crippen LogP contribution >= 0.6 is 0 Å². The fourth-order valence-corrected chi connectivity index (χ4v) is 1.27. The van der Waals surface area contributed by atoms with Crippen LogP contribution in [0.4, 0.5) is 0 Å². The van der Waals surface area contributed by atoms with E-state index in [2.05, 4.69) is 18.4 Å². The van der Waals surface area contributed by atoms with Crippen molar-refractivity contribution in [2.45, 2.75) is 20.3 Å². The largest absolute Gasteiger partial charge is 0.284 e. The Bertz CT molecular complexity index is 429. The third-order valence-corrected chi connectivity index (χ3v) is 2.36. The van der Waals surface area contributed by atoms with Crippen molar-refractivity contribution >= 4 is 5.78 Å². The predicted octanol–water partition coefficient (Wildman–Crippen LogP) is 3.21. The second kappa shape index (κ2) is 5.32. The van der Waals surface area contributed by atoms with Gasteiger partial charge in [0, 0.05) is 11.0 Å². The highest BCUT2D eigenvalue weighted by molar-refractivity contribution is 6.00. The van der Waals surface area contributed by atoms with Crippen molar-refractivity contribution in [1.82, 2.24) is 0 Å². The van der Waals surface area contributed by atoms with Gasteiger partial charge in [0.15, 0.2) is 0 Å². The van der Waals surface area contributed by atoms with Crippen LogP contribution in [0.25, 0.3) is 0 Å². The van der Waals surface area contributed by atoms with Gasteiger partial charge in [-0.25, -0.2) is 0 Å². The van der Waals surface area contributed by atoms with Crippen molar-refractivity contribution < 1.29 is 4.79 Å². The molecule has 1 aromatic rings. The number of hydrogen-bond donors (Lipinski definition) is 0. The summed E-state index contributed by atoms with van der Waals surface area (Å²) >= 11 is 0. The fraction of sp³-hybridized carbons (Fsp3) is 0.267. The molecule has 1 heteroatoms. The molecule has 82 valence electrons. The van der Waals surface area contributed by atoms with Gasteiger partial charge < -0.3 is 0 Å². The van der Waals surface area contributed by atoms with Crippen molar-refractivity contribution in [1.29, 1.82) is 0 Å². The van der Waals surface area contributed by atoms with E-state index in [1.807, 2.05) is 44.2 Å². The van der Waals surface area contributed by atoms with Gasteiger partial charge in [0.2, 0.25) is 5.78 Å². The second-order valence-electron chi connectivity index (χ2n) is 4.32. The molecule has 0 saturated heterocycles. The van der Waals surface area contributed by atoms with Gasteiger partial charge in [-0.3, -0.25) is 4.79 Å². The molecule has 1 aromatic carbocycles. The molecule has 0 amide bonds. The third-order valence-electron chi connectivity index (χ3n) is 2.36. The number of ketones is 1. The lowest BCUT2D eigenvalue weighted by atomic mass is 9.85. The molecule has 0 atom stereocenters. The SMILES string of the molecule is C=CCC(C)(C)C(=O)C#Cc1ccccc1.